The van der Waals surface area contributed by atoms with Crippen LogP contribution in [0.2, 0.25) is 0 Å². The molecular weight excluding hydrogens is 629 g/mol. The predicted octanol–water partition coefficient (Wildman–Crippen LogP) is 10.2. The molecule has 0 aliphatic rings. The summed E-state index contributed by atoms with van der Waals surface area (Å²) in [5.41, 5.74) is 5.32. The maximum Gasteiger partial charge on any atom is 0.472 e. The first kappa shape index (κ1) is 46.2. The lowest BCUT2D eigenvalue weighted by molar-refractivity contribution is -0.161. The standard InChI is InChI=1S/C38H70NO8P/c1-3-5-7-9-11-13-15-17-18-19-21-23-25-27-29-31-38(41)47-36(35-46-48(42,43)45-33-32-39)34-44-37(40)30-28-26-24-22-20-16-14-12-10-8-6-4-2/h11,13,17-18,21,23,36H,3-10,12,14-16,19-20,22,24-35,39H2,1-2H3,(H,42,43)/b13-11+,18-17+,23-21+/t36-/m1/s1. The fourth-order valence-electron chi connectivity index (χ4n) is 4.93. The van der Waals surface area contributed by atoms with Gasteiger partial charge in [0, 0.05) is 19.4 Å². The summed E-state index contributed by atoms with van der Waals surface area (Å²) in [6.07, 6.45) is 36.0. The van der Waals surface area contributed by atoms with Crippen LogP contribution < -0.4 is 5.73 Å². The maximum atomic E-state index is 12.5. The number of hydrogen-bond donors (Lipinski definition) is 2. The minimum Gasteiger partial charge on any atom is -0.462 e. The van der Waals surface area contributed by atoms with Gasteiger partial charge in [-0.3, -0.25) is 18.6 Å². The van der Waals surface area contributed by atoms with Gasteiger partial charge in [0.1, 0.15) is 6.61 Å². The molecular formula is C38H70NO8P. The number of carbonyl (C=O) groups is 2. The Morgan fingerprint density at radius 1 is 0.625 bits per heavy atom. The molecule has 0 spiro atoms. The fraction of sp³-hybridized carbons (Fsp3) is 0.789. The number of ether oxygens (including phenoxy) is 2. The first-order valence-corrected chi connectivity index (χ1v) is 20.5. The van der Waals surface area contributed by atoms with Gasteiger partial charge in [-0.1, -0.05) is 134 Å². The molecule has 280 valence electrons. The van der Waals surface area contributed by atoms with Gasteiger partial charge >= 0.3 is 19.8 Å². The van der Waals surface area contributed by atoms with E-state index in [1.807, 2.05) is 0 Å². The molecule has 0 bridgehead atoms. The third-order valence-corrected chi connectivity index (χ3v) is 8.76. The first-order valence-electron chi connectivity index (χ1n) is 19.0. The molecule has 3 N–H and O–H groups in total. The Balaban J connectivity index is 4.31. The van der Waals surface area contributed by atoms with E-state index in [-0.39, 0.29) is 32.6 Å². The average molecular weight is 700 g/mol. The molecule has 0 aromatic rings. The second-order valence-electron chi connectivity index (χ2n) is 12.4. The van der Waals surface area contributed by atoms with Crippen molar-refractivity contribution in [3.8, 4) is 0 Å². The van der Waals surface area contributed by atoms with E-state index in [1.165, 1.54) is 77.0 Å². The van der Waals surface area contributed by atoms with Crippen molar-refractivity contribution in [2.24, 2.45) is 5.73 Å². The van der Waals surface area contributed by atoms with Crippen molar-refractivity contribution in [3.63, 3.8) is 0 Å². The molecule has 9 nitrogen and oxygen atoms in total. The topological polar surface area (TPSA) is 134 Å². The Bertz CT molecular complexity index is 892. The fourth-order valence-corrected chi connectivity index (χ4v) is 5.70. The second-order valence-corrected chi connectivity index (χ2v) is 13.9. The number of esters is 2. The lowest BCUT2D eigenvalue weighted by Gasteiger charge is -2.19. The maximum absolute atomic E-state index is 12.5. The van der Waals surface area contributed by atoms with Crippen LogP contribution in [0.1, 0.15) is 162 Å². The van der Waals surface area contributed by atoms with E-state index in [9.17, 15) is 19.0 Å². The number of carbonyl (C=O) groups excluding carboxylic acids is 2. The molecule has 0 aromatic heterocycles. The van der Waals surface area contributed by atoms with Crippen LogP contribution in [0.15, 0.2) is 36.5 Å². The summed E-state index contributed by atoms with van der Waals surface area (Å²) in [5.74, 6) is -0.874. The van der Waals surface area contributed by atoms with Crippen LogP contribution in [0.5, 0.6) is 0 Å². The van der Waals surface area contributed by atoms with Gasteiger partial charge in [0.15, 0.2) is 6.10 Å². The van der Waals surface area contributed by atoms with Gasteiger partial charge in [-0.05, 0) is 51.4 Å². The highest BCUT2D eigenvalue weighted by molar-refractivity contribution is 7.47. The highest BCUT2D eigenvalue weighted by Crippen LogP contribution is 2.43. The van der Waals surface area contributed by atoms with Crippen molar-refractivity contribution >= 4 is 19.8 Å². The van der Waals surface area contributed by atoms with E-state index in [1.54, 1.807) is 0 Å². The molecule has 0 rings (SSSR count). The number of phosphoric ester groups is 1. The van der Waals surface area contributed by atoms with Gasteiger partial charge in [-0.2, -0.15) is 0 Å². The number of unbranched alkanes of at least 4 members (excludes halogenated alkanes) is 16. The van der Waals surface area contributed by atoms with Gasteiger partial charge in [0.2, 0.25) is 0 Å². The number of rotatable bonds is 35. The van der Waals surface area contributed by atoms with E-state index in [4.69, 9.17) is 24.3 Å². The van der Waals surface area contributed by atoms with Crippen LogP contribution in [0.4, 0.5) is 0 Å². The monoisotopic (exact) mass is 699 g/mol. The molecule has 0 amide bonds. The SMILES string of the molecule is CCCCC/C=C/C/C=C/C/C=C/CCCCC(=O)O[C@H](COC(=O)CCCCCCCCCCCCCC)COP(=O)(O)OCCN. The average Bonchev–Trinajstić information content (AvgIpc) is 3.07. The van der Waals surface area contributed by atoms with Gasteiger partial charge in [0.25, 0.3) is 0 Å². The minimum absolute atomic E-state index is 0.0474. The largest absolute Gasteiger partial charge is 0.472 e. The van der Waals surface area contributed by atoms with Crippen LogP contribution in [-0.4, -0.2) is 49.3 Å². The zero-order valence-electron chi connectivity index (χ0n) is 30.5. The van der Waals surface area contributed by atoms with Crippen molar-refractivity contribution < 1.29 is 37.6 Å². The molecule has 0 heterocycles. The summed E-state index contributed by atoms with van der Waals surface area (Å²) in [6.45, 7) is 3.64. The molecule has 1 unspecified atom stereocenters. The van der Waals surface area contributed by atoms with Crippen molar-refractivity contribution in [1.29, 1.82) is 0 Å². The number of hydrogen-bond acceptors (Lipinski definition) is 8. The molecule has 0 aliphatic heterocycles. The minimum atomic E-state index is -4.38. The summed E-state index contributed by atoms with van der Waals surface area (Å²) < 4.78 is 32.6. The van der Waals surface area contributed by atoms with Gasteiger partial charge < -0.3 is 20.1 Å². The molecule has 0 fully saturated rings. The quantitative estimate of drug-likeness (QED) is 0.0287. The Morgan fingerprint density at radius 3 is 1.65 bits per heavy atom. The van der Waals surface area contributed by atoms with Gasteiger partial charge in [0.05, 0.1) is 13.2 Å². The summed E-state index contributed by atoms with van der Waals surface area (Å²) >= 11 is 0. The zero-order valence-corrected chi connectivity index (χ0v) is 31.4. The first-order chi connectivity index (χ1) is 23.3. The van der Waals surface area contributed by atoms with Crippen LogP contribution in [0, 0.1) is 0 Å². The lowest BCUT2D eigenvalue weighted by atomic mass is 10.0. The molecule has 0 saturated carbocycles. The van der Waals surface area contributed by atoms with E-state index < -0.39 is 32.5 Å². The van der Waals surface area contributed by atoms with Crippen molar-refractivity contribution in [1.82, 2.24) is 0 Å². The smallest absolute Gasteiger partial charge is 0.462 e. The van der Waals surface area contributed by atoms with Crippen LogP contribution in [0.3, 0.4) is 0 Å². The summed E-state index contributed by atoms with van der Waals surface area (Å²) in [5, 5.41) is 0. The molecule has 0 aliphatic carbocycles. The zero-order chi connectivity index (χ0) is 35.4. The third-order valence-electron chi connectivity index (χ3n) is 7.78. The van der Waals surface area contributed by atoms with Crippen LogP contribution >= 0.6 is 7.82 Å². The number of phosphoric acid groups is 1. The summed E-state index contributed by atoms with van der Waals surface area (Å²) in [6, 6.07) is 0. The molecule has 0 aromatic carbocycles. The highest BCUT2D eigenvalue weighted by atomic mass is 31.2. The lowest BCUT2D eigenvalue weighted by Crippen LogP contribution is -2.29. The number of allylic oxidation sites excluding steroid dienone is 6. The van der Waals surface area contributed by atoms with Crippen LogP contribution in [-0.2, 0) is 32.7 Å². The highest BCUT2D eigenvalue weighted by Gasteiger charge is 2.25. The Hall–Kier alpha value is -1.77. The summed E-state index contributed by atoms with van der Waals surface area (Å²) in [7, 11) is -4.38. The van der Waals surface area contributed by atoms with Crippen molar-refractivity contribution in [2.45, 2.75) is 168 Å². The van der Waals surface area contributed by atoms with E-state index in [2.05, 4.69) is 50.3 Å². The Labute approximate surface area is 293 Å². The van der Waals surface area contributed by atoms with Crippen molar-refractivity contribution in [3.05, 3.63) is 36.5 Å². The number of nitrogens with two attached hydrogens (primary N) is 1. The molecule has 0 saturated heterocycles. The van der Waals surface area contributed by atoms with Crippen molar-refractivity contribution in [2.75, 3.05) is 26.4 Å². The van der Waals surface area contributed by atoms with E-state index in [0.29, 0.717) is 6.42 Å². The summed E-state index contributed by atoms with van der Waals surface area (Å²) in [4.78, 5) is 34.7. The third kappa shape index (κ3) is 34.1. The second kappa shape index (κ2) is 35.1. The molecule has 10 heteroatoms. The molecule has 2 atom stereocenters. The Morgan fingerprint density at radius 2 is 1.08 bits per heavy atom. The normalized spacial score (nSPS) is 13.8. The molecule has 48 heavy (non-hydrogen) atoms. The van der Waals surface area contributed by atoms with Gasteiger partial charge in [-0.25, -0.2) is 4.57 Å². The van der Waals surface area contributed by atoms with Gasteiger partial charge in [-0.15, -0.1) is 0 Å². The Kier molecular flexibility index (Phi) is 33.8. The van der Waals surface area contributed by atoms with E-state index in [0.717, 1.165) is 51.4 Å². The van der Waals surface area contributed by atoms with E-state index >= 15 is 0 Å². The predicted molar refractivity (Wildman–Crippen MR) is 197 cm³/mol. The molecule has 0 radical (unpaired) electrons. The van der Waals surface area contributed by atoms with Crippen LogP contribution in [0.25, 0.3) is 0 Å².